The second-order valence-electron chi connectivity index (χ2n) is 3.66. The molecule has 4 heteroatoms. The van der Waals surface area contributed by atoms with Crippen LogP contribution in [0.25, 0.3) is 0 Å². The van der Waals surface area contributed by atoms with Gasteiger partial charge in [-0.15, -0.1) is 0 Å². The van der Waals surface area contributed by atoms with E-state index < -0.39 is 0 Å². The largest absolute Gasteiger partial charge is 0.372 e. The minimum Gasteiger partial charge on any atom is -0.372 e. The summed E-state index contributed by atoms with van der Waals surface area (Å²) in [7, 11) is 0. The first-order chi connectivity index (χ1) is 7.20. The van der Waals surface area contributed by atoms with Crippen LogP contribution in [0.3, 0.4) is 0 Å². The number of amides is 1. The van der Waals surface area contributed by atoms with Crippen molar-refractivity contribution in [2.75, 3.05) is 10.6 Å². The van der Waals surface area contributed by atoms with Crippen LogP contribution < -0.4 is 10.6 Å². The third kappa shape index (κ3) is 1.93. The maximum Gasteiger partial charge on any atom is 0.246 e. The molecule has 1 unspecified atom stereocenters. The number of hydrogen-bond donors (Lipinski definition) is 2. The Morgan fingerprint density at radius 1 is 1.40 bits per heavy atom. The van der Waals surface area contributed by atoms with Crippen LogP contribution in [0.15, 0.2) is 18.2 Å². The molecule has 0 saturated heterocycles. The van der Waals surface area contributed by atoms with Gasteiger partial charge in [-0.05, 0) is 24.6 Å². The van der Waals surface area contributed by atoms with Gasteiger partial charge in [0.1, 0.15) is 11.9 Å². The molecule has 15 heavy (non-hydrogen) atoms. The van der Waals surface area contributed by atoms with Crippen molar-refractivity contribution < 1.29 is 9.18 Å². The predicted octanol–water partition coefficient (Wildman–Crippen LogP) is 2.36. The van der Waals surface area contributed by atoms with Gasteiger partial charge >= 0.3 is 0 Å². The van der Waals surface area contributed by atoms with Crippen molar-refractivity contribution in [1.29, 1.82) is 0 Å². The molecule has 0 aromatic heterocycles. The standard InChI is InChI=1S/C11H13FN2O/c1-2-3-9-11(15)14-8-5-4-7(12)6-10(8)13-9/h4-6,9,13H,2-3H2,1H3,(H,14,15). The summed E-state index contributed by atoms with van der Waals surface area (Å²) in [5, 5.41) is 5.79. The van der Waals surface area contributed by atoms with E-state index in [0.29, 0.717) is 11.4 Å². The SMILES string of the molecule is CCCC1Nc2cc(F)ccc2NC1=O. The molecule has 1 heterocycles. The lowest BCUT2D eigenvalue weighted by molar-refractivity contribution is -0.117. The highest BCUT2D eigenvalue weighted by atomic mass is 19.1. The van der Waals surface area contributed by atoms with Crippen molar-refractivity contribution in [2.45, 2.75) is 25.8 Å². The highest BCUT2D eigenvalue weighted by molar-refractivity contribution is 6.02. The Balaban J connectivity index is 2.26. The average Bonchev–Trinajstić information content (AvgIpc) is 2.20. The maximum absolute atomic E-state index is 13.0. The topological polar surface area (TPSA) is 41.1 Å². The Labute approximate surface area is 87.7 Å². The molecule has 2 rings (SSSR count). The molecule has 0 radical (unpaired) electrons. The van der Waals surface area contributed by atoms with E-state index in [4.69, 9.17) is 0 Å². The molecule has 0 fully saturated rings. The number of fused-ring (bicyclic) bond motifs is 1. The highest BCUT2D eigenvalue weighted by Gasteiger charge is 2.24. The number of carbonyl (C=O) groups is 1. The van der Waals surface area contributed by atoms with Gasteiger partial charge in [-0.3, -0.25) is 4.79 Å². The quantitative estimate of drug-likeness (QED) is 0.783. The van der Waals surface area contributed by atoms with E-state index in [0.717, 1.165) is 12.8 Å². The Morgan fingerprint density at radius 3 is 2.93 bits per heavy atom. The third-order valence-electron chi connectivity index (χ3n) is 2.46. The molecule has 1 atom stereocenters. The van der Waals surface area contributed by atoms with E-state index in [1.807, 2.05) is 6.92 Å². The van der Waals surface area contributed by atoms with Gasteiger partial charge in [0.15, 0.2) is 0 Å². The zero-order valence-corrected chi connectivity index (χ0v) is 8.51. The van der Waals surface area contributed by atoms with Crippen molar-refractivity contribution in [1.82, 2.24) is 0 Å². The van der Waals surface area contributed by atoms with Crippen LogP contribution in [0.4, 0.5) is 15.8 Å². The fourth-order valence-electron chi connectivity index (χ4n) is 1.71. The summed E-state index contributed by atoms with van der Waals surface area (Å²) in [6, 6.07) is 4.06. The summed E-state index contributed by atoms with van der Waals surface area (Å²) in [6.07, 6.45) is 1.66. The van der Waals surface area contributed by atoms with Crippen LogP contribution >= 0.6 is 0 Å². The summed E-state index contributed by atoms with van der Waals surface area (Å²) >= 11 is 0. The smallest absolute Gasteiger partial charge is 0.246 e. The van der Waals surface area contributed by atoms with E-state index in [2.05, 4.69) is 10.6 Å². The molecule has 2 N–H and O–H groups in total. The fraction of sp³-hybridized carbons (Fsp3) is 0.364. The predicted molar refractivity (Wildman–Crippen MR) is 57.3 cm³/mol. The minimum absolute atomic E-state index is 0.0454. The molecular formula is C11H13FN2O. The zero-order chi connectivity index (χ0) is 10.8. The van der Waals surface area contributed by atoms with Crippen LogP contribution in [0.5, 0.6) is 0 Å². The second-order valence-corrected chi connectivity index (χ2v) is 3.66. The van der Waals surface area contributed by atoms with Gasteiger partial charge in [0.2, 0.25) is 5.91 Å². The molecule has 1 amide bonds. The number of benzene rings is 1. The molecule has 3 nitrogen and oxygen atoms in total. The molecule has 1 aliphatic rings. The third-order valence-corrected chi connectivity index (χ3v) is 2.46. The molecule has 1 aliphatic heterocycles. The maximum atomic E-state index is 13.0. The van der Waals surface area contributed by atoms with Gasteiger partial charge in [0.25, 0.3) is 0 Å². The zero-order valence-electron chi connectivity index (χ0n) is 8.51. The Morgan fingerprint density at radius 2 is 2.20 bits per heavy atom. The first-order valence-corrected chi connectivity index (χ1v) is 5.07. The normalized spacial score (nSPS) is 19.1. The van der Waals surface area contributed by atoms with Crippen molar-refractivity contribution in [3.05, 3.63) is 24.0 Å². The van der Waals surface area contributed by atoms with Crippen LogP contribution in [-0.2, 0) is 4.79 Å². The average molecular weight is 208 g/mol. The first-order valence-electron chi connectivity index (χ1n) is 5.07. The Kier molecular flexibility index (Phi) is 2.58. The van der Waals surface area contributed by atoms with E-state index >= 15 is 0 Å². The van der Waals surface area contributed by atoms with Gasteiger partial charge in [-0.1, -0.05) is 13.3 Å². The monoisotopic (exact) mass is 208 g/mol. The van der Waals surface area contributed by atoms with Crippen molar-refractivity contribution >= 4 is 17.3 Å². The number of hydrogen-bond acceptors (Lipinski definition) is 2. The molecule has 1 aromatic rings. The molecule has 0 aliphatic carbocycles. The van der Waals surface area contributed by atoms with Gasteiger partial charge in [-0.2, -0.15) is 0 Å². The summed E-state index contributed by atoms with van der Waals surface area (Å²) in [4.78, 5) is 11.6. The molecule has 80 valence electrons. The molecular weight excluding hydrogens is 195 g/mol. The van der Waals surface area contributed by atoms with Crippen LogP contribution in [0.1, 0.15) is 19.8 Å². The van der Waals surface area contributed by atoms with Crippen LogP contribution in [0.2, 0.25) is 0 Å². The lowest BCUT2D eigenvalue weighted by atomic mass is 10.1. The summed E-state index contributed by atoms with van der Waals surface area (Å²) in [5.74, 6) is -0.344. The lowest BCUT2D eigenvalue weighted by Gasteiger charge is -2.26. The van der Waals surface area contributed by atoms with Crippen molar-refractivity contribution in [2.24, 2.45) is 0 Å². The Hall–Kier alpha value is -1.58. The van der Waals surface area contributed by atoms with Gasteiger partial charge in [0, 0.05) is 0 Å². The molecule has 0 spiro atoms. The number of rotatable bonds is 2. The van der Waals surface area contributed by atoms with E-state index in [-0.39, 0.29) is 17.8 Å². The van der Waals surface area contributed by atoms with Crippen molar-refractivity contribution in [3.63, 3.8) is 0 Å². The highest BCUT2D eigenvalue weighted by Crippen LogP contribution is 2.28. The number of halogens is 1. The number of carbonyl (C=O) groups excluding carboxylic acids is 1. The second kappa shape index (κ2) is 3.88. The van der Waals surface area contributed by atoms with E-state index in [1.165, 1.54) is 12.1 Å². The van der Waals surface area contributed by atoms with Crippen LogP contribution in [0, 0.1) is 5.82 Å². The first kappa shape index (κ1) is 9.96. The summed E-state index contributed by atoms with van der Waals surface area (Å²) in [6.45, 7) is 2.01. The fourth-order valence-corrected chi connectivity index (χ4v) is 1.71. The van der Waals surface area contributed by atoms with E-state index in [9.17, 15) is 9.18 Å². The summed E-state index contributed by atoms with van der Waals surface area (Å²) in [5.41, 5.74) is 1.31. The van der Waals surface area contributed by atoms with Gasteiger partial charge < -0.3 is 10.6 Å². The molecule has 0 bridgehead atoms. The van der Waals surface area contributed by atoms with Crippen molar-refractivity contribution in [3.8, 4) is 0 Å². The Bertz CT molecular complexity index is 392. The molecule has 0 saturated carbocycles. The lowest BCUT2D eigenvalue weighted by Crippen LogP contribution is -2.38. The molecule has 1 aromatic carbocycles. The minimum atomic E-state index is -0.298. The van der Waals surface area contributed by atoms with E-state index in [1.54, 1.807) is 6.07 Å². The number of nitrogens with one attached hydrogen (secondary N) is 2. The van der Waals surface area contributed by atoms with Crippen LogP contribution in [-0.4, -0.2) is 11.9 Å². The van der Waals surface area contributed by atoms with Gasteiger partial charge in [-0.25, -0.2) is 4.39 Å². The summed E-state index contributed by atoms with van der Waals surface area (Å²) < 4.78 is 13.0. The number of anilines is 2. The van der Waals surface area contributed by atoms with Gasteiger partial charge in [0.05, 0.1) is 11.4 Å².